The number of aliphatic hydroxyl groups is 1. The lowest BCUT2D eigenvalue weighted by Crippen LogP contribution is -2.40. The summed E-state index contributed by atoms with van der Waals surface area (Å²) in [4.78, 5) is 37.8. The second-order valence-electron chi connectivity index (χ2n) is 11.3. The van der Waals surface area contributed by atoms with Crippen molar-refractivity contribution in [1.82, 2.24) is 14.5 Å². The normalized spacial score (nSPS) is 16.2. The molecule has 0 spiro atoms. The maximum absolute atomic E-state index is 15.5. The Morgan fingerprint density at radius 2 is 1.70 bits per heavy atom. The van der Waals surface area contributed by atoms with Crippen molar-refractivity contribution in [3.8, 4) is 28.0 Å². The monoisotopic (exact) mass is 600 g/mol. The van der Waals surface area contributed by atoms with E-state index in [0.717, 1.165) is 51.6 Å². The van der Waals surface area contributed by atoms with Crippen LogP contribution in [0.5, 0.6) is 5.75 Å². The highest BCUT2D eigenvalue weighted by Gasteiger charge is 2.26. The molecule has 3 aromatic carbocycles. The molecule has 2 atom stereocenters. The summed E-state index contributed by atoms with van der Waals surface area (Å²) in [5.74, 6) is -0.587. The Bertz CT molecular complexity index is 1860. The second-order valence-corrected chi connectivity index (χ2v) is 11.3. The van der Waals surface area contributed by atoms with Gasteiger partial charge in [-0.1, -0.05) is 30.3 Å². The predicted octanol–water partition coefficient (Wildman–Crippen LogP) is 4.44. The number of aromatic nitrogens is 2. The summed E-state index contributed by atoms with van der Waals surface area (Å²) < 4.78 is 23.2. The molecule has 1 fully saturated rings. The summed E-state index contributed by atoms with van der Waals surface area (Å²) >= 11 is 0. The van der Waals surface area contributed by atoms with E-state index in [0.29, 0.717) is 22.6 Å². The van der Waals surface area contributed by atoms with E-state index in [4.69, 9.17) is 4.74 Å². The molecule has 0 aliphatic heterocycles. The summed E-state index contributed by atoms with van der Waals surface area (Å²) in [6.07, 6.45) is 3.35. The zero-order valence-electron chi connectivity index (χ0n) is 25.5. The highest BCUT2D eigenvalue weighted by atomic mass is 19.1. The second kappa shape index (κ2) is 12.6. The van der Waals surface area contributed by atoms with Gasteiger partial charge in [0.2, 0.25) is 0 Å². The van der Waals surface area contributed by atoms with Crippen molar-refractivity contribution in [3.05, 3.63) is 104 Å². The van der Waals surface area contributed by atoms with Crippen LogP contribution in [-0.2, 0) is 20.6 Å². The van der Waals surface area contributed by atoms with Crippen LogP contribution in [0.4, 0.5) is 10.1 Å². The van der Waals surface area contributed by atoms with Crippen molar-refractivity contribution in [2.75, 3.05) is 12.4 Å². The van der Waals surface area contributed by atoms with E-state index in [-0.39, 0.29) is 18.2 Å². The number of aliphatic hydroxyl groups excluding tert-OH is 1. The summed E-state index contributed by atoms with van der Waals surface area (Å²) in [5.41, 5.74) is 4.52. The van der Waals surface area contributed by atoms with Gasteiger partial charge in [-0.25, -0.2) is 9.18 Å². The minimum Gasteiger partial charge on any atom is -0.496 e. The van der Waals surface area contributed by atoms with E-state index in [1.165, 1.54) is 38.0 Å². The number of hydrogen-bond acceptors (Lipinski definition) is 6. The third kappa shape index (κ3) is 5.82. The van der Waals surface area contributed by atoms with E-state index in [2.05, 4.69) is 10.6 Å². The number of benzene rings is 3. The van der Waals surface area contributed by atoms with Gasteiger partial charge in [0.25, 0.3) is 11.5 Å². The Balaban J connectivity index is 1.46. The molecule has 1 saturated carbocycles. The van der Waals surface area contributed by atoms with Gasteiger partial charge in [-0.2, -0.15) is 0 Å². The van der Waals surface area contributed by atoms with Crippen LogP contribution in [0.2, 0.25) is 0 Å². The highest BCUT2D eigenvalue weighted by Crippen LogP contribution is 2.38. The molecule has 0 bridgehead atoms. The number of methoxy groups -OCH3 is 1. The van der Waals surface area contributed by atoms with E-state index in [1.807, 2.05) is 50.2 Å². The molecule has 1 heterocycles. The quantitative estimate of drug-likeness (QED) is 0.276. The maximum Gasteiger partial charge on any atom is 0.330 e. The number of nitrogens with one attached hydrogen (secondary N) is 2. The van der Waals surface area contributed by atoms with Crippen molar-refractivity contribution in [3.63, 3.8) is 0 Å². The third-order valence-electron chi connectivity index (χ3n) is 8.60. The molecule has 230 valence electrons. The van der Waals surface area contributed by atoms with E-state index in [9.17, 15) is 19.5 Å². The zero-order valence-corrected chi connectivity index (χ0v) is 25.5. The number of amides is 1. The topological polar surface area (TPSA) is 115 Å². The van der Waals surface area contributed by atoms with Crippen LogP contribution in [0, 0.1) is 19.7 Å². The molecule has 0 unspecified atom stereocenters. The Hall–Kier alpha value is -4.54. The van der Waals surface area contributed by atoms with Crippen LogP contribution in [0.15, 0.2) is 64.3 Å². The van der Waals surface area contributed by atoms with Crippen LogP contribution >= 0.6 is 0 Å². The molecule has 4 aromatic rings. The van der Waals surface area contributed by atoms with Crippen LogP contribution in [0.25, 0.3) is 22.3 Å². The number of halogens is 1. The minimum atomic E-state index is -0.677. The Kier molecular flexibility index (Phi) is 8.85. The number of ether oxygens (including phenoxy) is 1. The van der Waals surface area contributed by atoms with Gasteiger partial charge in [-0.05, 0) is 84.7 Å². The molecule has 1 aromatic heterocycles. The number of hydrogen-bond donors (Lipinski definition) is 3. The molecule has 44 heavy (non-hydrogen) atoms. The van der Waals surface area contributed by atoms with Gasteiger partial charge < -0.3 is 25.0 Å². The zero-order chi connectivity index (χ0) is 31.7. The van der Waals surface area contributed by atoms with Crippen LogP contribution < -0.4 is 26.6 Å². The molecule has 5 rings (SSSR count). The Labute approximate surface area is 254 Å². The summed E-state index contributed by atoms with van der Waals surface area (Å²) in [6, 6.07) is 14.6. The fraction of sp³-hybridized carbons (Fsp3) is 0.324. The Morgan fingerprint density at radius 3 is 2.39 bits per heavy atom. The first-order valence-electron chi connectivity index (χ1n) is 14.6. The highest BCUT2D eigenvalue weighted by molar-refractivity contribution is 6.04. The van der Waals surface area contributed by atoms with E-state index < -0.39 is 29.1 Å². The molecular formula is C34H37FN4O5. The average molecular weight is 601 g/mol. The lowest BCUT2D eigenvalue weighted by atomic mass is 9.90. The fourth-order valence-corrected chi connectivity index (χ4v) is 5.99. The summed E-state index contributed by atoms with van der Waals surface area (Å²) in [5, 5.41) is 16.2. The van der Waals surface area contributed by atoms with Crippen molar-refractivity contribution in [2.45, 2.75) is 51.8 Å². The first-order chi connectivity index (χ1) is 21.0. The largest absolute Gasteiger partial charge is 0.496 e. The molecule has 10 heteroatoms. The van der Waals surface area contributed by atoms with Gasteiger partial charge in [0.05, 0.1) is 13.2 Å². The molecule has 1 aliphatic carbocycles. The van der Waals surface area contributed by atoms with E-state index in [1.54, 1.807) is 6.07 Å². The van der Waals surface area contributed by atoms with Crippen LogP contribution in [-0.4, -0.2) is 39.4 Å². The number of anilines is 1. The number of rotatable bonds is 8. The van der Waals surface area contributed by atoms with Crippen LogP contribution in [0.3, 0.4) is 0 Å². The lowest BCUT2D eigenvalue weighted by molar-refractivity contribution is 0.102. The van der Waals surface area contributed by atoms with Gasteiger partial charge in [-0.15, -0.1) is 0 Å². The number of nitrogens with zero attached hydrogens (tertiary/aromatic N) is 2. The molecule has 3 N–H and O–H groups in total. The van der Waals surface area contributed by atoms with Gasteiger partial charge in [0, 0.05) is 44.1 Å². The number of carbonyl (C=O) groups is 1. The van der Waals surface area contributed by atoms with Crippen molar-refractivity contribution in [2.24, 2.45) is 14.1 Å². The molecule has 1 amide bonds. The fourth-order valence-electron chi connectivity index (χ4n) is 5.99. The third-order valence-corrected chi connectivity index (χ3v) is 8.60. The Morgan fingerprint density at radius 1 is 1.02 bits per heavy atom. The standard InChI is InChI=1S/C34H37FN4O5/c1-19-22(21-15-27(35)25(31(16-21)44-5)17-36-29-13-8-14-30(29)40)9-6-10-23(19)24-11-7-12-28(20(24)2)37-32(41)26-18-38(3)34(43)39(4)33(26)42/h6-7,9-12,15-16,18,29-30,36,40H,8,13-14,17H2,1-5H3,(H,37,41)/t29-,30+/m1/s1. The molecule has 1 aliphatic rings. The molecule has 0 saturated heterocycles. The summed E-state index contributed by atoms with van der Waals surface area (Å²) in [6.45, 7) is 4.09. The number of carbonyl (C=O) groups excluding carboxylic acids is 1. The van der Waals surface area contributed by atoms with Crippen LogP contribution in [0.1, 0.15) is 46.3 Å². The summed E-state index contributed by atoms with van der Waals surface area (Å²) in [7, 11) is 4.33. The number of aryl methyl sites for hydroxylation is 1. The van der Waals surface area contributed by atoms with E-state index >= 15 is 4.39 Å². The van der Waals surface area contributed by atoms with Crippen molar-refractivity contribution in [1.29, 1.82) is 0 Å². The first-order valence-corrected chi connectivity index (χ1v) is 14.6. The molecule has 9 nitrogen and oxygen atoms in total. The van der Waals surface area contributed by atoms with Crippen molar-refractivity contribution < 1.29 is 19.0 Å². The SMILES string of the molecule is COc1cc(-c2cccc(-c3cccc(NC(=O)c4cn(C)c(=O)n(C)c4=O)c3C)c2C)cc(F)c1CN[C@@H]1CCC[C@@H]1O. The maximum atomic E-state index is 15.5. The smallest absolute Gasteiger partial charge is 0.330 e. The minimum absolute atomic E-state index is 0.0618. The average Bonchev–Trinajstić information content (AvgIpc) is 3.42. The molecule has 0 radical (unpaired) electrons. The lowest BCUT2D eigenvalue weighted by Gasteiger charge is -2.20. The predicted molar refractivity (Wildman–Crippen MR) is 169 cm³/mol. The van der Waals surface area contributed by atoms with Gasteiger partial charge in [0.15, 0.2) is 0 Å². The van der Waals surface area contributed by atoms with Crippen molar-refractivity contribution >= 4 is 11.6 Å². The molecular weight excluding hydrogens is 563 g/mol. The first kappa shape index (κ1) is 30.9. The van der Waals surface area contributed by atoms with Gasteiger partial charge >= 0.3 is 5.69 Å². The van der Waals surface area contributed by atoms with Gasteiger partial charge in [-0.3, -0.25) is 14.2 Å². The van der Waals surface area contributed by atoms with Gasteiger partial charge in [0.1, 0.15) is 17.1 Å².